The maximum absolute atomic E-state index is 12.7. The summed E-state index contributed by atoms with van der Waals surface area (Å²) in [5.41, 5.74) is 1.85. The van der Waals surface area contributed by atoms with Crippen LogP contribution in [0.5, 0.6) is 11.5 Å². The molecule has 0 spiro atoms. The molecule has 0 bridgehead atoms. The number of ether oxygens (including phenoxy) is 1. The molecule has 5 rings (SSSR count). The SMILES string of the molecule is N#CN1C[C@H](NC(=O)c2cc(-c3ccccc3Oc3ccccc3)[nH]n2)C2C[C@@H]21. The molecule has 2 heterocycles. The summed E-state index contributed by atoms with van der Waals surface area (Å²) < 4.78 is 6.00. The van der Waals surface area contributed by atoms with Crippen molar-refractivity contribution in [2.24, 2.45) is 5.92 Å². The van der Waals surface area contributed by atoms with Gasteiger partial charge in [-0.1, -0.05) is 30.3 Å². The Hall–Kier alpha value is -3.79. The number of carbonyl (C=O) groups excluding carboxylic acids is 1. The van der Waals surface area contributed by atoms with Crippen molar-refractivity contribution in [3.8, 4) is 28.9 Å². The fourth-order valence-electron chi connectivity index (χ4n) is 3.95. The van der Waals surface area contributed by atoms with E-state index in [1.54, 1.807) is 11.0 Å². The molecule has 29 heavy (non-hydrogen) atoms. The van der Waals surface area contributed by atoms with Gasteiger partial charge in [0.1, 0.15) is 11.5 Å². The van der Waals surface area contributed by atoms with Crippen LogP contribution in [0, 0.1) is 17.4 Å². The molecule has 1 unspecified atom stereocenters. The summed E-state index contributed by atoms with van der Waals surface area (Å²) >= 11 is 0. The molecule has 1 aromatic heterocycles. The molecule has 3 aromatic rings. The standard InChI is InChI=1S/C22H19N5O2/c23-13-27-12-19(16-10-20(16)27)24-22(28)18-11-17(25-26-18)15-8-4-5-9-21(15)29-14-6-2-1-3-7-14/h1-9,11,16,19-20H,10,12H2,(H,24,28)(H,25,26)/t16?,19-,20-/m0/s1. The largest absolute Gasteiger partial charge is 0.457 e. The number of piperidine rings is 1. The summed E-state index contributed by atoms with van der Waals surface area (Å²) in [4.78, 5) is 14.4. The van der Waals surface area contributed by atoms with Gasteiger partial charge in [-0.25, -0.2) is 0 Å². The number of benzene rings is 2. The van der Waals surface area contributed by atoms with Gasteiger partial charge in [-0.15, -0.1) is 0 Å². The van der Waals surface area contributed by atoms with E-state index >= 15 is 0 Å². The fourth-order valence-corrected chi connectivity index (χ4v) is 3.95. The second-order valence-corrected chi connectivity index (χ2v) is 7.38. The Morgan fingerprint density at radius 2 is 2.00 bits per heavy atom. The molecule has 2 fully saturated rings. The lowest BCUT2D eigenvalue weighted by molar-refractivity contribution is 0.0928. The van der Waals surface area contributed by atoms with Crippen LogP contribution in [-0.4, -0.2) is 39.6 Å². The van der Waals surface area contributed by atoms with Crippen molar-refractivity contribution in [1.82, 2.24) is 20.4 Å². The molecule has 1 saturated carbocycles. The van der Waals surface area contributed by atoms with Crippen LogP contribution in [0.3, 0.4) is 0 Å². The van der Waals surface area contributed by atoms with Crippen LogP contribution < -0.4 is 10.1 Å². The molecular formula is C22H19N5O2. The zero-order valence-electron chi connectivity index (χ0n) is 15.6. The molecule has 3 atom stereocenters. The van der Waals surface area contributed by atoms with Gasteiger partial charge in [-0.3, -0.25) is 9.89 Å². The van der Waals surface area contributed by atoms with Crippen molar-refractivity contribution < 1.29 is 9.53 Å². The van der Waals surface area contributed by atoms with Gasteiger partial charge >= 0.3 is 0 Å². The van der Waals surface area contributed by atoms with Gasteiger partial charge in [0, 0.05) is 24.1 Å². The van der Waals surface area contributed by atoms with Crippen molar-refractivity contribution >= 4 is 5.91 Å². The maximum Gasteiger partial charge on any atom is 0.272 e. The van der Waals surface area contributed by atoms with E-state index in [0.29, 0.717) is 35.6 Å². The van der Waals surface area contributed by atoms with Crippen molar-refractivity contribution in [3.05, 3.63) is 66.4 Å². The van der Waals surface area contributed by atoms with Crippen molar-refractivity contribution in [3.63, 3.8) is 0 Å². The van der Waals surface area contributed by atoms with Gasteiger partial charge in [0.25, 0.3) is 5.91 Å². The number of H-pyrrole nitrogens is 1. The van der Waals surface area contributed by atoms with Gasteiger partial charge in [-0.05, 0) is 36.8 Å². The number of likely N-dealkylation sites (tertiary alicyclic amines) is 1. The Labute approximate surface area is 167 Å². The third kappa shape index (κ3) is 3.29. The van der Waals surface area contributed by atoms with Crippen LogP contribution in [0.15, 0.2) is 60.7 Å². The molecule has 1 aliphatic heterocycles. The molecular weight excluding hydrogens is 366 g/mol. The molecule has 7 heteroatoms. The highest BCUT2D eigenvalue weighted by Crippen LogP contribution is 2.44. The minimum Gasteiger partial charge on any atom is -0.457 e. The number of hydrogen-bond acceptors (Lipinski definition) is 5. The van der Waals surface area contributed by atoms with Crippen LogP contribution in [0.1, 0.15) is 16.9 Å². The predicted octanol–water partition coefficient (Wildman–Crippen LogP) is 3.15. The van der Waals surface area contributed by atoms with E-state index < -0.39 is 0 Å². The number of nitrogens with one attached hydrogen (secondary N) is 2. The third-order valence-corrected chi connectivity index (χ3v) is 5.52. The van der Waals surface area contributed by atoms with Crippen LogP contribution in [0.25, 0.3) is 11.3 Å². The van der Waals surface area contributed by atoms with Crippen molar-refractivity contribution in [2.75, 3.05) is 6.54 Å². The summed E-state index contributed by atoms with van der Waals surface area (Å²) in [6.45, 7) is 0.572. The Bertz CT molecular complexity index is 1090. The zero-order valence-corrected chi connectivity index (χ0v) is 15.6. The normalized spacial score (nSPS) is 21.9. The first-order chi connectivity index (χ1) is 14.2. The predicted molar refractivity (Wildman–Crippen MR) is 106 cm³/mol. The molecule has 144 valence electrons. The van der Waals surface area contributed by atoms with E-state index in [9.17, 15) is 4.79 Å². The lowest BCUT2D eigenvalue weighted by atomic mass is 10.1. The topological polar surface area (TPSA) is 94.0 Å². The minimum absolute atomic E-state index is 0.000926. The fraction of sp³-hybridized carbons (Fsp3) is 0.227. The number of nitrogens with zero attached hydrogens (tertiary/aromatic N) is 3. The third-order valence-electron chi connectivity index (χ3n) is 5.52. The molecule has 2 N–H and O–H groups in total. The number of carbonyl (C=O) groups is 1. The summed E-state index contributed by atoms with van der Waals surface area (Å²) in [6, 6.07) is 19.2. The smallest absolute Gasteiger partial charge is 0.272 e. The number of para-hydroxylation sites is 2. The first-order valence-electron chi connectivity index (χ1n) is 9.58. The van der Waals surface area contributed by atoms with Crippen LogP contribution >= 0.6 is 0 Å². The molecule has 7 nitrogen and oxygen atoms in total. The number of nitriles is 1. The Balaban J connectivity index is 1.33. The van der Waals surface area contributed by atoms with Gasteiger partial charge in [0.15, 0.2) is 11.9 Å². The van der Waals surface area contributed by atoms with Gasteiger partial charge in [0.2, 0.25) is 0 Å². The molecule has 0 radical (unpaired) electrons. The lowest BCUT2D eigenvalue weighted by Crippen LogP contribution is -2.39. The summed E-state index contributed by atoms with van der Waals surface area (Å²) in [5.74, 6) is 1.55. The Morgan fingerprint density at radius 3 is 2.79 bits per heavy atom. The monoisotopic (exact) mass is 385 g/mol. The molecule has 1 aliphatic carbocycles. The van der Waals surface area contributed by atoms with E-state index in [0.717, 1.165) is 17.7 Å². The molecule has 1 saturated heterocycles. The van der Waals surface area contributed by atoms with E-state index in [4.69, 9.17) is 10.00 Å². The van der Waals surface area contributed by atoms with Crippen LogP contribution in [0.2, 0.25) is 0 Å². The summed E-state index contributed by atoms with van der Waals surface area (Å²) in [7, 11) is 0. The first kappa shape index (κ1) is 17.3. The number of fused-ring (bicyclic) bond motifs is 1. The number of aromatic amines is 1. The lowest BCUT2D eigenvalue weighted by Gasteiger charge is -2.15. The number of rotatable bonds is 5. The highest BCUT2D eigenvalue weighted by atomic mass is 16.5. The summed E-state index contributed by atoms with van der Waals surface area (Å²) in [5, 5.41) is 19.3. The van der Waals surface area contributed by atoms with E-state index in [1.807, 2.05) is 54.6 Å². The van der Waals surface area contributed by atoms with Crippen LogP contribution in [0.4, 0.5) is 0 Å². The molecule has 1 amide bonds. The van der Waals surface area contributed by atoms with E-state index in [2.05, 4.69) is 21.7 Å². The molecule has 2 aliphatic rings. The highest BCUT2D eigenvalue weighted by Gasteiger charge is 2.54. The zero-order chi connectivity index (χ0) is 19.8. The summed E-state index contributed by atoms with van der Waals surface area (Å²) in [6.07, 6.45) is 3.16. The highest BCUT2D eigenvalue weighted by molar-refractivity contribution is 5.93. The Morgan fingerprint density at radius 1 is 1.21 bits per heavy atom. The maximum atomic E-state index is 12.7. The van der Waals surface area contributed by atoms with Crippen molar-refractivity contribution in [2.45, 2.75) is 18.5 Å². The number of aromatic nitrogens is 2. The molecule has 2 aromatic carbocycles. The Kier molecular flexibility index (Phi) is 4.17. The van der Waals surface area contributed by atoms with E-state index in [-0.39, 0.29) is 11.9 Å². The average Bonchev–Trinajstić information content (AvgIpc) is 3.25. The van der Waals surface area contributed by atoms with Gasteiger partial charge in [-0.2, -0.15) is 10.4 Å². The minimum atomic E-state index is -0.232. The average molecular weight is 385 g/mol. The first-order valence-corrected chi connectivity index (χ1v) is 9.58. The van der Waals surface area contributed by atoms with E-state index in [1.165, 1.54) is 0 Å². The van der Waals surface area contributed by atoms with Crippen LogP contribution in [-0.2, 0) is 0 Å². The number of hydrogen-bond donors (Lipinski definition) is 2. The number of amides is 1. The quantitative estimate of drug-likeness (QED) is 0.658. The second-order valence-electron chi connectivity index (χ2n) is 7.38. The van der Waals surface area contributed by atoms with Gasteiger partial charge in [0.05, 0.1) is 11.7 Å². The van der Waals surface area contributed by atoms with Crippen molar-refractivity contribution in [1.29, 1.82) is 5.26 Å². The van der Waals surface area contributed by atoms with Gasteiger partial charge < -0.3 is 15.0 Å². The second kappa shape index (κ2) is 6.99.